The SMILES string of the molecule is CN(C)CCOC(=O)NC12CC3CC(CC(C3)C1)C2.Cl. The molecule has 0 atom stereocenters. The fourth-order valence-corrected chi connectivity index (χ4v) is 4.84. The van der Waals surface area contributed by atoms with E-state index < -0.39 is 0 Å². The van der Waals surface area contributed by atoms with Gasteiger partial charge in [0.15, 0.2) is 0 Å². The van der Waals surface area contributed by atoms with E-state index in [0.29, 0.717) is 6.61 Å². The molecule has 0 heterocycles. The smallest absolute Gasteiger partial charge is 0.407 e. The highest BCUT2D eigenvalue weighted by atomic mass is 35.5. The zero-order valence-corrected chi connectivity index (χ0v) is 13.4. The predicted molar refractivity (Wildman–Crippen MR) is 81.2 cm³/mol. The molecule has 4 rings (SSSR count). The van der Waals surface area contributed by atoms with Gasteiger partial charge in [-0.05, 0) is 70.4 Å². The van der Waals surface area contributed by atoms with E-state index in [1.54, 1.807) is 0 Å². The molecule has 0 aromatic heterocycles. The summed E-state index contributed by atoms with van der Waals surface area (Å²) < 4.78 is 5.30. The van der Waals surface area contributed by atoms with E-state index in [1.807, 2.05) is 19.0 Å². The maximum atomic E-state index is 12.0. The van der Waals surface area contributed by atoms with E-state index >= 15 is 0 Å². The van der Waals surface area contributed by atoms with Crippen molar-refractivity contribution in [1.82, 2.24) is 10.2 Å². The Morgan fingerprint density at radius 2 is 1.65 bits per heavy atom. The van der Waals surface area contributed by atoms with E-state index in [9.17, 15) is 4.79 Å². The van der Waals surface area contributed by atoms with Crippen LogP contribution in [-0.2, 0) is 4.74 Å². The number of alkyl carbamates (subject to hydrolysis) is 1. The topological polar surface area (TPSA) is 41.6 Å². The van der Waals surface area contributed by atoms with E-state index in [0.717, 1.165) is 24.3 Å². The van der Waals surface area contributed by atoms with Crippen LogP contribution >= 0.6 is 12.4 Å². The van der Waals surface area contributed by atoms with Crippen molar-refractivity contribution in [2.24, 2.45) is 17.8 Å². The molecular formula is C15H27ClN2O2. The van der Waals surface area contributed by atoms with Gasteiger partial charge in [0.25, 0.3) is 0 Å². The van der Waals surface area contributed by atoms with Crippen molar-refractivity contribution < 1.29 is 9.53 Å². The van der Waals surface area contributed by atoms with E-state index in [-0.39, 0.29) is 24.0 Å². The molecule has 4 saturated carbocycles. The van der Waals surface area contributed by atoms with Crippen LogP contribution in [0.5, 0.6) is 0 Å². The Balaban J connectivity index is 0.00000147. The molecule has 0 aliphatic heterocycles. The Morgan fingerprint density at radius 1 is 1.15 bits per heavy atom. The maximum Gasteiger partial charge on any atom is 0.407 e. The lowest BCUT2D eigenvalue weighted by Crippen LogP contribution is -2.60. The number of carbonyl (C=O) groups is 1. The lowest BCUT2D eigenvalue weighted by Gasteiger charge is -2.56. The van der Waals surface area contributed by atoms with Crippen LogP contribution in [0.2, 0.25) is 0 Å². The highest BCUT2D eigenvalue weighted by Crippen LogP contribution is 2.55. The Bertz CT molecular complexity index is 324. The number of carbonyl (C=O) groups excluding carboxylic acids is 1. The lowest BCUT2D eigenvalue weighted by molar-refractivity contribution is -0.0192. The summed E-state index contributed by atoms with van der Waals surface area (Å²) in [5.41, 5.74) is 0.0734. The van der Waals surface area contributed by atoms with E-state index in [4.69, 9.17) is 4.74 Å². The third-order valence-corrected chi connectivity index (χ3v) is 5.18. The molecule has 0 spiro atoms. The summed E-state index contributed by atoms with van der Waals surface area (Å²) in [6.45, 7) is 1.26. The molecule has 0 saturated heterocycles. The number of amides is 1. The minimum atomic E-state index is -0.205. The molecule has 0 unspecified atom stereocenters. The fourth-order valence-electron chi connectivity index (χ4n) is 4.84. The summed E-state index contributed by atoms with van der Waals surface area (Å²) in [7, 11) is 3.97. The number of nitrogens with zero attached hydrogens (tertiary/aromatic N) is 1. The number of likely N-dealkylation sites (N-methyl/N-ethyl adjacent to an activating group) is 1. The largest absolute Gasteiger partial charge is 0.448 e. The lowest BCUT2D eigenvalue weighted by atomic mass is 9.53. The number of hydrogen-bond donors (Lipinski definition) is 1. The van der Waals surface area contributed by atoms with Gasteiger partial charge in [0.2, 0.25) is 0 Å². The molecule has 1 N–H and O–H groups in total. The van der Waals surface area contributed by atoms with Crippen molar-refractivity contribution in [2.45, 2.75) is 44.1 Å². The normalized spacial score (nSPS) is 37.6. The predicted octanol–water partition coefficient (Wildman–Crippen LogP) is 2.66. The van der Waals surface area contributed by atoms with Gasteiger partial charge in [0, 0.05) is 12.1 Å². The number of nitrogens with one attached hydrogen (secondary N) is 1. The van der Waals surface area contributed by atoms with Gasteiger partial charge in [0.1, 0.15) is 6.61 Å². The Morgan fingerprint density at radius 3 is 2.10 bits per heavy atom. The molecule has 4 bridgehead atoms. The summed E-state index contributed by atoms with van der Waals surface area (Å²) in [6.07, 6.45) is 7.54. The van der Waals surface area contributed by atoms with E-state index in [2.05, 4.69) is 5.32 Å². The zero-order valence-electron chi connectivity index (χ0n) is 12.6. The summed E-state index contributed by atoms with van der Waals surface area (Å²) >= 11 is 0. The molecule has 20 heavy (non-hydrogen) atoms. The first kappa shape index (κ1) is 15.9. The third-order valence-electron chi connectivity index (χ3n) is 5.18. The second-order valence-electron chi connectivity index (χ2n) is 7.26. The Labute approximate surface area is 128 Å². The third kappa shape index (κ3) is 3.40. The van der Waals surface area contributed by atoms with Crippen molar-refractivity contribution >= 4 is 18.5 Å². The molecule has 0 aromatic carbocycles. The first-order valence-electron chi connectivity index (χ1n) is 7.64. The first-order valence-corrected chi connectivity index (χ1v) is 7.64. The second-order valence-corrected chi connectivity index (χ2v) is 7.26. The van der Waals surface area contributed by atoms with Crippen LogP contribution in [0.4, 0.5) is 4.79 Å². The van der Waals surface area contributed by atoms with Crippen LogP contribution in [0.3, 0.4) is 0 Å². The number of ether oxygens (including phenoxy) is 1. The Hall–Kier alpha value is -0.480. The molecule has 4 nitrogen and oxygen atoms in total. The Kier molecular flexibility index (Phi) is 4.85. The average molecular weight is 303 g/mol. The van der Waals surface area contributed by atoms with E-state index in [1.165, 1.54) is 38.5 Å². The van der Waals surface area contributed by atoms with Gasteiger partial charge in [0.05, 0.1) is 0 Å². The second kappa shape index (κ2) is 6.10. The average Bonchev–Trinajstić information content (AvgIpc) is 2.25. The molecule has 1 amide bonds. The fraction of sp³-hybridized carbons (Fsp3) is 0.933. The van der Waals surface area contributed by atoms with Gasteiger partial charge in [-0.2, -0.15) is 0 Å². The molecule has 4 fully saturated rings. The number of halogens is 1. The van der Waals surface area contributed by atoms with Crippen molar-refractivity contribution in [3.8, 4) is 0 Å². The minimum Gasteiger partial charge on any atom is -0.448 e. The first-order chi connectivity index (χ1) is 9.05. The van der Waals surface area contributed by atoms with Gasteiger partial charge in [-0.3, -0.25) is 0 Å². The molecule has 5 heteroatoms. The maximum absolute atomic E-state index is 12.0. The van der Waals surface area contributed by atoms with Gasteiger partial charge >= 0.3 is 6.09 Å². The van der Waals surface area contributed by atoms with Crippen LogP contribution in [0.1, 0.15) is 38.5 Å². The molecule has 4 aliphatic carbocycles. The summed E-state index contributed by atoms with van der Waals surface area (Å²) in [5.74, 6) is 2.56. The molecule has 0 aromatic rings. The van der Waals surface area contributed by atoms with Gasteiger partial charge < -0.3 is 15.0 Å². The van der Waals surface area contributed by atoms with Gasteiger partial charge in [-0.1, -0.05) is 0 Å². The summed E-state index contributed by atoms with van der Waals surface area (Å²) in [6, 6.07) is 0. The van der Waals surface area contributed by atoms with Crippen LogP contribution in [0.25, 0.3) is 0 Å². The van der Waals surface area contributed by atoms with Gasteiger partial charge in [-0.25, -0.2) is 4.79 Å². The summed E-state index contributed by atoms with van der Waals surface area (Å²) in [5, 5.41) is 3.22. The molecular weight excluding hydrogens is 276 g/mol. The monoisotopic (exact) mass is 302 g/mol. The van der Waals surface area contributed by atoms with Crippen molar-refractivity contribution in [1.29, 1.82) is 0 Å². The molecule has 116 valence electrons. The van der Waals surface area contributed by atoms with Crippen molar-refractivity contribution in [3.63, 3.8) is 0 Å². The highest BCUT2D eigenvalue weighted by Gasteiger charge is 2.51. The van der Waals surface area contributed by atoms with Crippen LogP contribution < -0.4 is 5.32 Å². The molecule has 4 aliphatic rings. The highest BCUT2D eigenvalue weighted by molar-refractivity contribution is 5.85. The van der Waals surface area contributed by atoms with Crippen LogP contribution in [-0.4, -0.2) is 43.8 Å². The quantitative estimate of drug-likeness (QED) is 0.868. The van der Waals surface area contributed by atoms with Crippen LogP contribution in [0.15, 0.2) is 0 Å². The molecule has 0 radical (unpaired) electrons. The number of hydrogen-bond acceptors (Lipinski definition) is 3. The zero-order chi connectivity index (χ0) is 13.5. The number of rotatable bonds is 4. The summed E-state index contributed by atoms with van der Waals surface area (Å²) in [4.78, 5) is 14.0. The standard InChI is InChI=1S/C15H26N2O2.ClH/c1-17(2)3-4-19-14(18)16-15-8-11-5-12(9-15)7-13(6-11)10-15;/h11-13H,3-10H2,1-2H3,(H,16,18);1H. The van der Waals surface area contributed by atoms with Crippen LogP contribution in [0, 0.1) is 17.8 Å². The van der Waals surface area contributed by atoms with Crippen molar-refractivity contribution in [2.75, 3.05) is 27.2 Å². The van der Waals surface area contributed by atoms with Crippen molar-refractivity contribution in [3.05, 3.63) is 0 Å². The minimum absolute atomic E-state index is 0. The van der Waals surface area contributed by atoms with Gasteiger partial charge in [-0.15, -0.1) is 12.4 Å².